The Bertz CT molecular complexity index is 833. The normalized spacial score (nSPS) is 13.3. The Morgan fingerprint density at radius 2 is 1.85 bits per heavy atom. The van der Waals surface area contributed by atoms with Crippen molar-refractivity contribution in [1.82, 2.24) is 10.6 Å². The molecule has 4 amide bonds. The highest BCUT2D eigenvalue weighted by Crippen LogP contribution is 2.18. The van der Waals surface area contributed by atoms with Crippen LogP contribution in [0, 0.1) is 0 Å². The standard InChI is InChI=1S/C19H20N4O3/c1-2-20-17(24)14-4-3-5-15(12-14)22-18(25)13-6-8-16(9-7-13)23-11-10-21-19(23)26/h3-9,12H,2,10-11H2,1H3,(H,20,24)(H,21,26)(H,22,25). The molecule has 7 heteroatoms. The van der Waals surface area contributed by atoms with Gasteiger partial charge in [-0.15, -0.1) is 0 Å². The zero-order valence-electron chi connectivity index (χ0n) is 14.4. The number of hydrogen-bond donors (Lipinski definition) is 3. The molecule has 1 fully saturated rings. The van der Waals surface area contributed by atoms with Crippen LogP contribution in [-0.4, -0.2) is 37.5 Å². The number of carbonyl (C=O) groups is 3. The van der Waals surface area contributed by atoms with Crippen molar-refractivity contribution in [3.8, 4) is 0 Å². The van der Waals surface area contributed by atoms with Crippen LogP contribution in [0.3, 0.4) is 0 Å². The van der Waals surface area contributed by atoms with Gasteiger partial charge in [0.1, 0.15) is 0 Å². The van der Waals surface area contributed by atoms with Gasteiger partial charge >= 0.3 is 6.03 Å². The van der Waals surface area contributed by atoms with E-state index >= 15 is 0 Å². The first-order chi connectivity index (χ1) is 12.6. The molecule has 3 rings (SSSR count). The predicted octanol–water partition coefficient (Wildman–Crippen LogP) is 2.22. The number of benzene rings is 2. The fourth-order valence-electron chi connectivity index (χ4n) is 2.71. The molecular weight excluding hydrogens is 332 g/mol. The van der Waals surface area contributed by atoms with E-state index < -0.39 is 0 Å². The molecule has 0 aliphatic carbocycles. The van der Waals surface area contributed by atoms with E-state index in [-0.39, 0.29) is 17.8 Å². The molecule has 26 heavy (non-hydrogen) atoms. The van der Waals surface area contributed by atoms with Crippen LogP contribution in [0.25, 0.3) is 0 Å². The zero-order valence-corrected chi connectivity index (χ0v) is 14.4. The van der Waals surface area contributed by atoms with Crippen LogP contribution in [0.4, 0.5) is 16.2 Å². The minimum Gasteiger partial charge on any atom is -0.352 e. The predicted molar refractivity (Wildman–Crippen MR) is 99.6 cm³/mol. The molecule has 2 aromatic carbocycles. The lowest BCUT2D eigenvalue weighted by Crippen LogP contribution is -2.27. The summed E-state index contributed by atoms with van der Waals surface area (Å²) in [7, 11) is 0. The second-order valence-electron chi connectivity index (χ2n) is 5.82. The summed E-state index contributed by atoms with van der Waals surface area (Å²) in [6.07, 6.45) is 0. The number of carbonyl (C=O) groups excluding carboxylic acids is 3. The summed E-state index contributed by atoms with van der Waals surface area (Å²) < 4.78 is 0. The van der Waals surface area contributed by atoms with Crippen molar-refractivity contribution in [2.45, 2.75) is 6.92 Å². The van der Waals surface area contributed by atoms with Crippen molar-refractivity contribution < 1.29 is 14.4 Å². The zero-order chi connectivity index (χ0) is 18.5. The maximum atomic E-state index is 12.4. The van der Waals surface area contributed by atoms with Gasteiger partial charge in [0.15, 0.2) is 0 Å². The van der Waals surface area contributed by atoms with Crippen LogP contribution in [0.5, 0.6) is 0 Å². The van der Waals surface area contributed by atoms with Crippen LogP contribution in [-0.2, 0) is 0 Å². The molecule has 0 saturated carbocycles. The van der Waals surface area contributed by atoms with Crippen molar-refractivity contribution in [2.75, 3.05) is 29.9 Å². The fraction of sp³-hybridized carbons (Fsp3) is 0.211. The van der Waals surface area contributed by atoms with Gasteiger partial charge in [0.05, 0.1) is 0 Å². The average molecular weight is 352 g/mol. The van der Waals surface area contributed by atoms with E-state index in [2.05, 4.69) is 16.0 Å². The lowest BCUT2D eigenvalue weighted by Gasteiger charge is -2.14. The van der Waals surface area contributed by atoms with Gasteiger partial charge in [-0.2, -0.15) is 0 Å². The van der Waals surface area contributed by atoms with E-state index in [0.29, 0.717) is 36.4 Å². The third kappa shape index (κ3) is 3.83. The first-order valence-electron chi connectivity index (χ1n) is 8.43. The molecule has 0 aromatic heterocycles. The minimum absolute atomic E-state index is 0.135. The highest BCUT2D eigenvalue weighted by atomic mass is 16.2. The largest absolute Gasteiger partial charge is 0.352 e. The lowest BCUT2D eigenvalue weighted by atomic mass is 10.1. The Hall–Kier alpha value is -3.35. The molecular formula is C19H20N4O3. The van der Waals surface area contributed by atoms with E-state index in [0.717, 1.165) is 5.69 Å². The number of rotatable bonds is 5. The van der Waals surface area contributed by atoms with Crippen LogP contribution < -0.4 is 20.9 Å². The summed E-state index contributed by atoms with van der Waals surface area (Å²) in [5.41, 5.74) is 2.24. The van der Waals surface area contributed by atoms with E-state index in [9.17, 15) is 14.4 Å². The third-order valence-electron chi connectivity index (χ3n) is 4.02. The number of anilines is 2. The summed E-state index contributed by atoms with van der Waals surface area (Å²) >= 11 is 0. The number of amides is 4. The summed E-state index contributed by atoms with van der Waals surface area (Å²) in [4.78, 5) is 37.6. The summed E-state index contributed by atoms with van der Waals surface area (Å²) in [6.45, 7) is 3.61. The summed E-state index contributed by atoms with van der Waals surface area (Å²) in [5.74, 6) is -0.465. The molecule has 1 heterocycles. The first kappa shape index (κ1) is 17.5. The average Bonchev–Trinajstić information content (AvgIpc) is 3.08. The Balaban J connectivity index is 1.69. The Morgan fingerprint density at radius 1 is 1.08 bits per heavy atom. The van der Waals surface area contributed by atoms with E-state index in [1.165, 1.54) is 0 Å². The SMILES string of the molecule is CCNC(=O)c1cccc(NC(=O)c2ccc(N3CCNC3=O)cc2)c1. The van der Waals surface area contributed by atoms with Crippen molar-refractivity contribution in [3.63, 3.8) is 0 Å². The van der Waals surface area contributed by atoms with Gasteiger partial charge in [0, 0.05) is 42.1 Å². The second kappa shape index (κ2) is 7.69. The van der Waals surface area contributed by atoms with Crippen LogP contribution in [0.1, 0.15) is 27.6 Å². The molecule has 0 unspecified atom stereocenters. The number of hydrogen-bond acceptors (Lipinski definition) is 3. The topological polar surface area (TPSA) is 90.5 Å². The van der Waals surface area contributed by atoms with Gasteiger partial charge in [-0.3, -0.25) is 14.5 Å². The Morgan fingerprint density at radius 3 is 2.50 bits per heavy atom. The minimum atomic E-state index is -0.282. The molecule has 1 saturated heterocycles. The molecule has 7 nitrogen and oxygen atoms in total. The maximum absolute atomic E-state index is 12.4. The third-order valence-corrected chi connectivity index (χ3v) is 4.02. The number of urea groups is 1. The molecule has 0 spiro atoms. The van der Waals surface area contributed by atoms with Gasteiger partial charge < -0.3 is 16.0 Å². The van der Waals surface area contributed by atoms with Crippen LogP contribution in [0.15, 0.2) is 48.5 Å². The lowest BCUT2D eigenvalue weighted by molar-refractivity contribution is 0.0954. The van der Waals surface area contributed by atoms with Crippen LogP contribution in [0.2, 0.25) is 0 Å². The molecule has 1 aliphatic rings. The van der Waals surface area contributed by atoms with E-state index in [4.69, 9.17) is 0 Å². The smallest absolute Gasteiger partial charge is 0.321 e. The fourth-order valence-corrected chi connectivity index (χ4v) is 2.71. The molecule has 0 radical (unpaired) electrons. The van der Waals surface area contributed by atoms with E-state index in [1.807, 2.05) is 6.92 Å². The number of nitrogens with zero attached hydrogens (tertiary/aromatic N) is 1. The molecule has 1 aliphatic heterocycles. The van der Waals surface area contributed by atoms with Crippen molar-refractivity contribution >= 4 is 29.2 Å². The number of nitrogens with one attached hydrogen (secondary N) is 3. The van der Waals surface area contributed by atoms with Gasteiger partial charge in [-0.1, -0.05) is 6.07 Å². The van der Waals surface area contributed by atoms with Gasteiger partial charge in [-0.25, -0.2) is 4.79 Å². The van der Waals surface area contributed by atoms with Gasteiger partial charge in [0.2, 0.25) is 0 Å². The Kier molecular flexibility index (Phi) is 5.17. The van der Waals surface area contributed by atoms with Crippen molar-refractivity contribution in [3.05, 3.63) is 59.7 Å². The quantitative estimate of drug-likeness (QED) is 0.771. The van der Waals surface area contributed by atoms with Crippen LogP contribution >= 0.6 is 0 Å². The van der Waals surface area contributed by atoms with Crippen molar-refractivity contribution in [1.29, 1.82) is 0 Å². The first-order valence-corrected chi connectivity index (χ1v) is 8.43. The summed E-state index contributed by atoms with van der Waals surface area (Å²) in [5, 5.41) is 8.24. The molecule has 134 valence electrons. The molecule has 3 N–H and O–H groups in total. The molecule has 0 bridgehead atoms. The highest BCUT2D eigenvalue weighted by molar-refractivity contribution is 6.05. The molecule has 2 aromatic rings. The monoisotopic (exact) mass is 352 g/mol. The Labute approximate surface area is 151 Å². The van der Waals surface area contributed by atoms with Gasteiger partial charge in [0.25, 0.3) is 11.8 Å². The van der Waals surface area contributed by atoms with E-state index in [1.54, 1.807) is 53.4 Å². The maximum Gasteiger partial charge on any atom is 0.321 e. The second-order valence-corrected chi connectivity index (χ2v) is 5.82. The van der Waals surface area contributed by atoms with Gasteiger partial charge in [-0.05, 0) is 49.4 Å². The summed E-state index contributed by atoms with van der Waals surface area (Å²) in [6, 6.07) is 13.5. The molecule has 0 atom stereocenters. The van der Waals surface area contributed by atoms with Crippen molar-refractivity contribution in [2.24, 2.45) is 0 Å². The highest BCUT2D eigenvalue weighted by Gasteiger charge is 2.21.